The summed E-state index contributed by atoms with van der Waals surface area (Å²) in [7, 11) is 2.34. The third-order valence-electron chi connectivity index (χ3n) is 5.27. The zero-order valence-corrected chi connectivity index (χ0v) is 13.8. The van der Waals surface area contributed by atoms with Crippen molar-refractivity contribution in [2.45, 2.75) is 73.3 Å². The van der Waals surface area contributed by atoms with Gasteiger partial charge < -0.3 is 4.90 Å². The molecule has 0 bridgehead atoms. The summed E-state index contributed by atoms with van der Waals surface area (Å²) in [5.74, 6) is 2.84. The van der Waals surface area contributed by atoms with Gasteiger partial charge in [-0.2, -0.15) is 0 Å². The van der Waals surface area contributed by atoms with Crippen LogP contribution in [0.2, 0.25) is 0 Å². The molecule has 0 saturated heterocycles. The normalized spacial score (nSPS) is 29.7. The molecule has 18 heavy (non-hydrogen) atoms. The predicted molar refractivity (Wildman–Crippen MR) is 81.8 cm³/mol. The molecule has 0 radical (unpaired) electrons. The predicted octanol–water partition coefficient (Wildman–Crippen LogP) is 4.82. The molecule has 0 spiro atoms. The van der Waals surface area contributed by atoms with E-state index in [0.717, 1.165) is 23.8 Å². The molecule has 0 aromatic carbocycles. The number of hydrogen-bond acceptors (Lipinski definition) is 1. The van der Waals surface area contributed by atoms with E-state index in [2.05, 4.69) is 53.5 Å². The lowest BCUT2D eigenvalue weighted by Gasteiger charge is -2.30. The summed E-state index contributed by atoms with van der Waals surface area (Å²) in [6, 6.07) is 0.854. The fourth-order valence-electron chi connectivity index (χ4n) is 3.81. The van der Waals surface area contributed by atoms with E-state index in [1.54, 1.807) is 0 Å². The Morgan fingerprint density at radius 1 is 1.17 bits per heavy atom. The van der Waals surface area contributed by atoms with E-state index in [4.69, 9.17) is 0 Å². The maximum Gasteiger partial charge on any atom is 0.0155 e. The van der Waals surface area contributed by atoms with Crippen LogP contribution in [0.4, 0.5) is 0 Å². The molecule has 108 valence electrons. The van der Waals surface area contributed by atoms with Crippen molar-refractivity contribution in [1.29, 1.82) is 0 Å². The second-order valence-electron chi connectivity index (χ2n) is 7.32. The zero-order chi connectivity index (χ0) is 13.9. The molecule has 1 heteroatoms. The Hall–Kier alpha value is -0.0400. The molecule has 1 aliphatic carbocycles. The molecule has 0 aliphatic heterocycles. The second-order valence-corrected chi connectivity index (χ2v) is 7.32. The van der Waals surface area contributed by atoms with Crippen molar-refractivity contribution >= 4 is 0 Å². The van der Waals surface area contributed by atoms with Crippen molar-refractivity contribution in [3.63, 3.8) is 0 Å². The van der Waals surface area contributed by atoms with Crippen LogP contribution >= 0.6 is 0 Å². The molecule has 0 aromatic rings. The SMILES string of the molecule is CCCC(CC)C1C(C)C1N(C)CC(C)(C)CC. The van der Waals surface area contributed by atoms with E-state index in [9.17, 15) is 0 Å². The molecular formula is C17H35N. The Kier molecular flexibility index (Phi) is 5.70. The first-order valence-corrected chi connectivity index (χ1v) is 8.08. The standard InChI is InChI=1S/C17H35N/c1-8-11-14(9-2)15-13(4)16(15)18(7)12-17(5,6)10-3/h13-16H,8-12H2,1-7H3. The number of rotatable bonds is 8. The molecule has 1 saturated carbocycles. The van der Waals surface area contributed by atoms with E-state index in [1.165, 1.54) is 32.2 Å². The molecule has 4 atom stereocenters. The van der Waals surface area contributed by atoms with Crippen LogP contribution in [0.1, 0.15) is 67.2 Å². The van der Waals surface area contributed by atoms with Crippen LogP contribution < -0.4 is 0 Å². The first-order valence-electron chi connectivity index (χ1n) is 8.08. The highest BCUT2D eigenvalue weighted by molar-refractivity contribution is 5.04. The van der Waals surface area contributed by atoms with Gasteiger partial charge in [0.1, 0.15) is 0 Å². The largest absolute Gasteiger partial charge is 0.302 e. The molecule has 1 fully saturated rings. The van der Waals surface area contributed by atoms with Crippen LogP contribution in [0.3, 0.4) is 0 Å². The van der Waals surface area contributed by atoms with E-state index in [1.807, 2.05) is 0 Å². The third-order valence-corrected chi connectivity index (χ3v) is 5.27. The number of hydrogen-bond donors (Lipinski definition) is 0. The van der Waals surface area contributed by atoms with Crippen LogP contribution in [0, 0.1) is 23.2 Å². The second kappa shape index (κ2) is 6.41. The summed E-state index contributed by atoms with van der Waals surface area (Å²) in [5, 5.41) is 0. The fourth-order valence-corrected chi connectivity index (χ4v) is 3.81. The van der Waals surface area contributed by atoms with E-state index < -0.39 is 0 Å². The van der Waals surface area contributed by atoms with Gasteiger partial charge in [-0.1, -0.05) is 60.8 Å². The van der Waals surface area contributed by atoms with Gasteiger partial charge in [0.25, 0.3) is 0 Å². The van der Waals surface area contributed by atoms with Crippen molar-refractivity contribution in [2.75, 3.05) is 13.6 Å². The van der Waals surface area contributed by atoms with E-state index in [-0.39, 0.29) is 0 Å². The van der Waals surface area contributed by atoms with Gasteiger partial charge >= 0.3 is 0 Å². The van der Waals surface area contributed by atoms with Crippen LogP contribution in [-0.2, 0) is 0 Å². The van der Waals surface area contributed by atoms with Gasteiger partial charge in [-0.15, -0.1) is 0 Å². The van der Waals surface area contributed by atoms with Gasteiger partial charge in [0, 0.05) is 12.6 Å². The average Bonchev–Trinajstić information content (AvgIpc) is 2.97. The first-order chi connectivity index (χ1) is 8.37. The summed E-state index contributed by atoms with van der Waals surface area (Å²) >= 11 is 0. The van der Waals surface area contributed by atoms with Crippen LogP contribution in [-0.4, -0.2) is 24.5 Å². The Labute approximate surface area is 115 Å². The molecule has 1 nitrogen and oxygen atoms in total. The minimum absolute atomic E-state index is 0.466. The van der Waals surface area contributed by atoms with Gasteiger partial charge in [-0.05, 0) is 36.6 Å². The molecule has 0 N–H and O–H groups in total. The van der Waals surface area contributed by atoms with Crippen molar-refractivity contribution in [3.8, 4) is 0 Å². The molecular weight excluding hydrogens is 218 g/mol. The van der Waals surface area contributed by atoms with Crippen molar-refractivity contribution in [2.24, 2.45) is 23.2 Å². The lowest BCUT2D eigenvalue weighted by Crippen LogP contribution is -2.34. The Balaban J connectivity index is 2.53. The topological polar surface area (TPSA) is 3.24 Å². The summed E-state index contributed by atoms with van der Waals surface area (Å²) in [4.78, 5) is 2.65. The van der Waals surface area contributed by atoms with Gasteiger partial charge in [-0.25, -0.2) is 0 Å². The van der Waals surface area contributed by atoms with Gasteiger partial charge in [0.15, 0.2) is 0 Å². The first kappa shape index (κ1) is 16.0. The summed E-state index contributed by atoms with van der Waals surface area (Å²) in [6.45, 7) is 15.5. The average molecular weight is 253 g/mol. The van der Waals surface area contributed by atoms with Crippen molar-refractivity contribution in [3.05, 3.63) is 0 Å². The zero-order valence-electron chi connectivity index (χ0n) is 13.8. The molecule has 0 aromatic heterocycles. The monoisotopic (exact) mass is 253 g/mol. The minimum Gasteiger partial charge on any atom is -0.302 e. The lowest BCUT2D eigenvalue weighted by molar-refractivity contribution is 0.180. The number of nitrogens with zero attached hydrogens (tertiary/aromatic N) is 1. The van der Waals surface area contributed by atoms with E-state index in [0.29, 0.717) is 5.41 Å². The third kappa shape index (κ3) is 3.73. The Morgan fingerprint density at radius 2 is 1.78 bits per heavy atom. The Morgan fingerprint density at radius 3 is 2.22 bits per heavy atom. The highest BCUT2D eigenvalue weighted by Gasteiger charge is 2.52. The molecule has 0 heterocycles. The molecule has 1 aliphatic rings. The maximum absolute atomic E-state index is 2.65. The van der Waals surface area contributed by atoms with Crippen LogP contribution in [0.25, 0.3) is 0 Å². The van der Waals surface area contributed by atoms with Gasteiger partial charge in [0.05, 0.1) is 0 Å². The molecule has 0 amide bonds. The maximum atomic E-state index is 2.65. The lowest BCUT2D eigenvalue weighted by atomic mass is 9.89. The van der Waals surface area contributed by atoms with Gasteiger partial charge in [0.2, 0.25) is 0 Å². The van der Waals surface area contributed by atoms with Crippen LogP contribution in [0.15, 0.2) is 0 Å². The summed E-state index contributed by atoms with van der Waals surface area (Å²) < 4.78 is 0. The van der Waals surface area contributed by atoms with Crippen molar-refractivity contribution in [1.82, 2.24) is 4.90 Å². The minimum atomic E-state index is 0.466. The fraction of sp³-hybridized carbons (Fsp3) is 1.00. The van der Waals surface area contributed by atoms with Crippen molar-refractivity contribution < 1.29 is 0 Å². The van der Waals surface area contributed by atoms with Gasteiger partial charge in [-0.3, -0.25) is 0 Å². The highest BCUT2D eigenvalue weighted by Crippen LogP contribution is 2.50. The summed E-state index contributed by atoms with van der Waals surface area (Å²) in [6.07, 6.45) is 5.41. The molecule has 1 rings (SSSR count). The summed E-state index contributed by atoms with van der Waals surface area (Å²) in [5.41, 5.74) is 0.466. The molecule has 4 unspecified atom stereocenters. The smallest absolute Gasteiger partial charge is 0.0155 e. The highest BCUT2D eigenvalue weighted by atomic mass is 15.2. The Bertz CT molecular complexity index is 246. The van der Waals surface area contributed by atoms with Crippen LogP contribution in [0.5, 0.6) is 0 Å². The quantitative estimate of drug-likeness (QED) is 0.600. The van der Waals surface area contributed by atoms with E-state index >= 15 is 0 Å².